The van der Waals surface area contributed by atoms with Crippen LogP contribution >= 0.6 is 0 Å². The molecule has 0 atom stereocenters. The van der Waals surface area contributed by atoms with Crippen LogP contribution in [0.3, 0.4) is 0 Å². The zero-order valence-corrected chi connectivity index (χ0v) is 14.1. The van der Waals surface area contributed by atoms with Gasteiger partial charge in [-0.2, -0.15) is 0 Å². The van der Waals surface area contributed by atoms with Gasteiger partial charge in [0.25, 0.3) is 0 Å². The minimum Gasteiger partial charge on any atom is -0.382 e. The molecule has 0 amide bonds. The quantitative estimate of drug-likeness (QED) is 0.668. The van der Waals surface area contributed by atoms with Crippen LogP contribution in [-0.2, 0) is 0 Å². The highest BCUT2D eigenvalue weighted by atomic mass is 19.2. The lowest BCUT2D eigenvalue weighted by molar-refractivity contribution is 0.391. The van der Waals surface area contributed by atoms with Crippen LogP contribution in [0.15, 0.2) is 30.5 Å². The van der Waals surface area contributed by atoms with E-state index in [2.05, 4.69) is 10.4 Å². The Balaban J connectivity index is 1.68. The van der Waals surface area contributed by atoms with Gasteiger partial charge in [-0.15, -0.1) is 5.10 Å². The van der Waals surface area contributed by atoms with E-state index in [0.717, 1.165) is 43.5 Å². The lowest BCUT2D eigenvalue weighted by Gasteiger charge is -2.24. The highest BCUT2D eigenvalue weighted by Crippen LogP contribution is 2.33. The van der Waals surface area contributed by atoms with Crippen LogP contribution in [-0.4, -0.2) is 20.6 Å². The third-order valence-corrected chi connectivity index (χ3v) is 4.85. The van der Waals surface area contributed by atoms with Crippen LogP contribution in [0.2, 0.25) is 0 Å². The van der Waals surface area contributed by atoms with Crippen molar-refractivity contribution in [3.63, 3.8) is 0 Å². The van der Waals surface area contributed by atoms with Crippen LogP contribution in [0.4, 0.5) is 26.0 Å². The molecule has 0 aliphatic heterocycles. The van der Waals surface area contributed by atoms with E-state index < -0.39 is 11.6 Å². The number of imidazole rings is 1. The van der Waals surface area contributed by atoms with E-state index in [4.69, 9.17) is 16.5 Å². The molecule has 6 nitrogen and oxygen atoms in total. The molecule has 1 aliphatic rings. The van der Waals surface area contributed by atoms with Gasteiger partial charge in [-0.3, -0.25) is 0 Å². The minimum atomic E-state index is -0.921. The molecule has 4 rings (SSSR count). The number of hydrogen-bond donors (Lipinski definition) is 3. The van der Waals surface area contributed by atoms with Gasteiger partial charge in [0.15, 0.2) is 17.3 Å². The number of aromatic nitrogens is 3. The Hall–Kier alpha value is -2.74. The first kappa shape index (κ1) is 16.7. The summed E-state index contributed by atoms with van der Waals surface area (Å²) in [7, 11) is 0. The monoisotopic (exact) mass is 358 g/mol. The summed E-state index contributed by atoms with van der Waals surface area (Å²) in [5.74, 6) is -1.17. The van der Waals surface area contributed by atoms with Crippen molar-refractivity contribution in [1.82, 2.24) is 14.6 Å². The van der Waals surface area contributed by atoms with Gasteiger partial charge in [0.05, 0.1) is 17.6 Å². The molecule has 1 fully saturated rings. The SMILES string of the molecule is Nc1cc(Nc2ccc(F)c(F)c2)c2nc(C3CCC(N)CC3)cn2n1. The predicted octanol–water partition coefficient (Wildman–Crippen LogP) is 3.32. The fourth-order valence-electron chi connectivity index (χ4n) is 3.45. The van der Waals surface area contributed by atoms with Crippen LogP contribution in [0.1, 0.15) is 37.3 Å². The Morgan fingerprint density at radius 1 is 1.08 bits per heavy atom. The highest BCUT2D eigenvalue weighted by Gasteiger charge is 2.23. The van der Waals surface area contributed by atoms with Crippen LogP contribution in [0.5, 0.6) is 0 Å². The molecule has 2 aromatic heterocycles. The van der Waals surface area contributed by atoms with Crippen LogP contribution in [0.25, 0.3) is 5.65 Å². The standard InChI is InChI=1S/C18H20F2N6/c19-13-6-5-12(7-14(13)20)23-15-8-17(22)25-26-9-16(24-18(15)26)10-1-3-11(21)4-2-10/h5-11,23H,1-4,21H2,(H2,22,25). The molecule has 26 heavy (non-hydrogen) atoms. The van der Waals surface area contributed by atoms with E-state index in [-0.39, 0.29) is 6.04 Å². The number of anilines is 3. The summed E-state index contributed by atoms with van der Waals surface area (Å²) >= 11 is 0. The Kier molecular flexibility index (Phi) is 4.20. The number of hydrogen-bond acceptors (Lipinski definition) is 5. The van der Waals surface area contributed by atoms with Crippen molar-refractivity contribution in [3.05, 3.63) is 47.8 Å². The van der Waals surface area contributed by atoms with Crippen molar-refractivity contribution in [3.8, 4) is 0 Å². The number of halogens is 2. The molecule has 5 N–H and O–H groups in total. The summed E-state index contributed by atoms with van der Waals surface area (Å²) in [5.41, 5.74) is 14.4. The molecule has 2 heterocycles. The van der Waals surface area contributed by atoms with E-state index in [1.807, 2.05) is 6.20 Å². The van der Waals surface area contributed by atoms with Gasteiger partial charge in [-0.25, -0.2) is 18.3 Å². The molecule has 0 saturated heterocycles. The molecule has 0 unspecified atom stereocenters. The smallest absolute Gasteiger partial charge is 0.177 e. The van der Waals surface area contributed by atoms with Crippen LogP contribution in [0, 0.1) is 11.6 Å². The summed E-state index contributed by atoms with van der Waals surface area (Å²) in [6.07, 6.45) is 5.82. The van der Waals surface area contributed by atoms with Gasteiger partial charge in [0.2, 0.25) is 0 Å². The average Bonchev–Trinajstić information content (AvgIpc) is 3.03. The fourth-order valence-corrected chi connectivity index (χ4v) is 3.45. The number of nitrogens with zero attached hydrogens (tertiary/aromatic N) is 3. The van der Waals surface area contributed by atoms with Gasteiger partial charge in [0.1, 0.15) is 5.82 Å². The van der Waals surface area contributed by atoms with E-state index in [0.29, 0.717) is 28.8 Å². The van der Waals surface area contributed by atoms with E-state index >= 15 is 0 Å². The Bertz CT molecular complexity index is 946. The fraction of sp³-hybridized carbons (Fsp3) is 0.333. The molecule has 1 saturated carbocycles. The van der Waals surface area contributed by atoms with Gasteiger partial charge >= 0.3 is 0 Å². The molecule has 0 spiro atoms. The zero-order chi connectivity index (χ0) is 18.3. The predicted molar refractivity (Wildman–Crippen MR) is 96.2 cm³/mol. The zero-order valence-electron chi connectivity index (χ0n) is 14.1. The van der Waals surface area contributed by atoms with Crippen LogP contribution < -0.4 is 16.8 Å². The number of fused-ring (bicyclic) bond motifs is 1. The van der Waals surface area contributed by atoms with Crippen molar-refractivity contribution in [2.45, 2.75) is 37.6 Å². The second-order valence-electron chi connectivity index (χ2n) is 6.78. The topological polar surface area (TPSA) is 94.3 Å². The summed E-state index contributed by atoms with van der Waals surface area (Å²) < 4.78 is 28.2. The summed E-state index contributed by atoms with van der Waals surface area (Å²) in [6, 6.07) is 5.51. The molecule has 0 bridgehead atoms. The molecule has 0 radical (unpaired) electrons. The molecule has 8 heteroatoms. The van der Waals surface area contributed by atoms with E-state index in [1.54, 1.807) is 10.6 Å². The van der Waals surface area contributed by atoms with Crippen molar-refractivity contribution in [2.75, 3.05) is 11.1 Å². The maximum Gasteiger partial charge on any atom is 0.177 e. The third-order valence-electron chi connectivity index (χ3n) is 4.85. The first-order chi connectivity index (χ1) is 12.5. The van der Waals surface area contributed by atoms with Crippen molar-refractivity contribution >= 4 is 22.8 Å². The second-order valence-corrected chi connectivity index (χ2v) is 6.78. The van der Waals surface area contributed by atoms with Gasteiger partial charge in [-0.05, 0) is 37.8 Å². The third kappa shape index (κ3) is 3.20. The highest BCUT2D eigenvalue weighted by molar-refractivity contribution is 5.75. The number of nitrogens with two attached hydrogens (primary N) is 2. The Morgan fingerprint density at radius 2 is 1.85 bits per heavy atom. The van der Waals surface area contributed by atoms with E-state index in [9.17, 15) is 8.78 Å². The first-order valence-corrected chi connectivity index (χ1v) is 8.63. The number of nitrogen functional groups attached to an aromatic ring is 1. The number of rotatable bonds is 3. The maximum absolute atomic E-state index is 13.5. The number of benzene rings is 1. The summed E-state index contributed by atoms with van der Waals surface area (Å²) in [6.45, 7) is 0. The van der Waals surface area contributed by atoms with Crippen molar-refractivity contribution in [1.29, 1.82) is 0 Å². The lowest BCUT2D eigenvalue weighted by atomic mass is 9.85. The van der Waals surface area contributed by atoms with Gasteiger partial charge in [-0.1, -0.05) is 0 Å². The molecule has 3 aromatic rings. The molecular formula is C18H20F2N6. The lowest BCUT2D eigenvalue weighted by Crippen LogP contribution is -2.25. The van der Waals surface area contributed by atoms with Gasteiger partial charge in [0, 0.05) is 29.8 Å². The molecule has 136 valence electrons. The van der Waals surface area contributed by atoms with Crippen molar-refractivity contribution < 1.29 is 8.78 Å². The molecule has 1 aliphatic carbocycles. The summed E-state index contributed by atoms with van der Waals surface area (Å²) in [5, 5.41) is 7.32. The minimum absolute atomic E-state index is 0.266. The summed E-state index contributed by atoms with van der Waals surface area (Å²) in [4.78, 5) is 4.71. The van der Waals surface area contributed by atoms with E-state index in [1.165, 1.54) is 6.07 Å². The molecule has 1 aromatic carbocycles. The number of nitrogens with one attached hydrogen (secondary N) is 1. The van der Waals surface area contributed by atoms with Crippen molar-refractivity contribution in [2.24, 2.45) is 5.73 Å². The molecular weight excluding hydrogens is 338 g/mol. The largest absolute Gasteiger partial charge is 0.382 e. The first-order valence-electron chi connectivity index (χ1n) is 8.63. The average molecular weight is 358 g/mol. The maximum atomic E-state index is 13.5. The second kappa shape index (κ2) is 6.53. The normalized spacial score (nSPS) is 20.4. The Labute approximate surface area is 149 Å². The Morgan fingerprint density at radius 3 is 2.58 bits per heavy atom. The van der Waals surface area contributed by atoms with Gasteiger partial charge < -0.3 is 16.8 Å².